The van der Waals surface area contributed by atoms with Gasteiger partial charge in [-0.05, 0) is 30.2 Å². The van der Waals surface area contributed by atoms with Crippen molar-refractivity contribution in [2.75, 3.05) is 0 Å². The van der Waals surface area contributed by atoms with E-state index < -0.39 is 5.97 Å². The summed E-state index contributed by atoms with van der Waals surface area (Å²) in [7, 11) is 0. The molecule has 0 bridgehead atoms. The van der Waals surface area contributed by atoms with Crippen molar-refractivity contribution >= 4 is 17.7 Å². The number of aromatic nitrogens is 2. The molecule has 1 atom stereocenters. The summed E-state index contributed by atoms with van der Waals surface area (Å²) in [5.41, 5.74) is 0.945. The summed E-state index contributed by atoms with van der Waals surface area (Å²) >= 11 is 1.45. The van der Waals surface area contributed by atoms with Crippen molar-refractivity contribution in [2.45, 2.75) is 42.8 Å². The predicted molar refractivity (Wildman–Crippen MR) is 88.1 cm³/mol. The second-order valence-corrected chi connectivity index (χ2v) is 6.45. The van der Waals surface area contributed by atoms with Crippen LogP contribution in [0.25, 0.3) is 0 Å². The van der Waals surface area contributed by atoms with Crippen molar-refractivity contribution in [3.63, 3.8) is 0 Å². The maximum Gasteiger partial charge on any atom is 0.357 e. The summed E-state index contributed by atoms with van der Waals surface area (Å²) in [5, 5.41) is 16.6. The topological polar surface area (TPSA) is 63.1 Å². The second kappa shape index (κ2) is 8.62. The van der Waals surface area contributed by atoms with Crippen LogP contribution in [0.2, 0.25) is 0 Å². The van der Waals surface area contributed by atoms with Crippen molar-refractivity contribution in [3.8, 4) is 0 Å². The average molecular weight is 334 g/mol. The highest BCUT2D eigenvalue weighted by atomic mass is 32.2. The molecule has 0 fully saturated rings. The normalized spacial score (nSPS) is 12.1. The Morgan fingerprint density at radius 3 is 2.65 bits per heavy atom. The minimum Gasteiger partial charge on any atom is -0.476 e. The number of rotatable bonds is 8. The third-order valence-electron chi connectivity index (χ3n) is 3.47. The lowest BCUT2D eigenvalue weighted by molar-refractivity contribution is 0.0685. The molecule has 0 radical (unpaired) electrons. The van der Waals surface area contributed by atoms with Crippen LogP contribution in [-0.4, -0.2) is 21.3 Å². The second-order valence-electron chi connectivity index (χ2n) is 5.20. The molecular weight excluding hydrogens is 315 g/mol. The van der Waals surface area contributed by atoms with Crippen LogP contribution in [0.5, 0.6) is 0 Å². The number of benzene rings is 1. The van der Waals surface area contributed by atoms with E-state index in [4.69, 9.17) is 0 Å². The van der Waals surface area contributed by atoms with Gasteiger partial charge in [0.05, 0.1) is 6.20 Å². The van der Waals surface area contributed by atoms with E-state index in [0.29, 0.717) is 4.90 Å². The first-order valence-electron chi connectivity index (χ1n) is 7.59. The summed E-state index contributed by atoms with van der Waals surface area (Å²) in [4.78, 5) is 11.9. The van der Waals surface area contributed by atoms with Gasteiger partial charge in [0.2, 0.25) is 0 Å². The van der Waals surface area contributed by atoms with Gasteiger partial charge in [-0.2, -0.15) is 5.10 Å². The van der Waals surface area contributed by atoms with Gasteiger partial charge in [0.25, 0.3) is 0 Å². The van der Waals surface area contributed by atoms with Crippen LogP contribution in [0.1, 0.15) is 53.9 Å². The Kier molecular flexibility index (Phi) is 6.52. The maximum absolute atomic E-state index is 13.2. The summed E-state index contributed by atoms with van der Waals surface area (Å²) in [5.74, 6) is -1.37. The number of hydrogen-bond acceptors (Lipinski definition) is 4. The SMILES string of the molecule is CCCCCC(Sc1ccnnc1C(=O)O)c1ccc(F)cc1. The number of carboxylic acid groups (broad SMARTS) is 1. The van der Waals surface area contributed by atoms with Crippen LogP contribution < -0.4 is 0 Å². The van der Waals surface area contributed by atoms with Crippen molar-refractivity contribution in [3.05, 3.63) is 53.6 Å². The zero-order valence-corrected chi connectivity index (χ0v) is 13.7. The van der Waals surface area contributed by atoms with Gasteiger partial charge in [0, 0.05) is 10.1 Å². The number of aromatic carboxylic acids is 1. The van der Waals surface area contributed by atoms with Gasteiger partial charge in [-0.15, -0.1) is 16.9 Å². The molecule has 0 saturated heterocycles. The summed E-state index contributed by atoms with van der Waals surface area (Å²) < 4.78 is 13.2. The first-order chi connectivity index (χ1) is 11.1. The fraction of sp³-hybridized carbons (Fsp3) is 0.353. The summed E-state index contributed by atoms with van der Waals surface area (Å²) in [6.07, 6.45) is 5.64. The average Bonchev–Trinajstić information content (AvgIpc) is 2.55. The molecule has 0 aliphatic carbocycles. The number of halogens is 1. The first-order valence-corrected chi connectivity index (χ1v) is 8.47. The highest BCUT2D eigenvalue weighted by Crippen LogP contribution is 2.40. The maximum atomic E-state index is 13.2. The zero-order chi connectivity index (χ0) is 16.7. The third-order valence-corrected chi connectivity index (χ3v) is 4.84. The Morgan fingerprint density at radius 2 is 2.00 bits per heavy atom. The number of hydrogen-bond donors (Lipinski definition) is 1. The number of carbonyl (C=O) groups is 1. The number of unbranched alkanes of at least 4 members (excludes halogenated alkanes) is 2. The van der Waals surface area contributed by atoms with Crippen LogP contribution >= 0.6 is 11.8 Å². The molecule has 0 saturated carbocycles. The Bertz CT molecular complexity index is 649. The monoisotopic (exact) mass is 334 g/mol. The number of nitrogens with zero attached hydrogens (tertiary/aromatic N) is 2. The fourth-order valence-corrected chi connectivity index (χ4v) is 3.53. The molecule has 1 unspecified atom stereocenters. The lowest BCUT2D eigenvalue weighted by atomic mass is 10.1. The Hall–Kier alpha value is -1.95. The van der Waals surface area contributed by atoms with E-state index in [2.05, 4.69) is 17.1 Å². The molecule has 4 nitrogen and oxygen atoms in total. The first kappa shape index (κ1) is 17.4. The molecule has 1 aromatic carbocycles. The van der Waals surface area contributed by atoms with E-state index >= 15 is 0 Å². The van der Waals surface area contributed by atoms with E-state index in [-0.39, 0.29) is 16.8 Å². The van der Waals surface area contributed by atoms with Crippen LogP contribution in [0.3, 0.4) is 0 Å². The Balaban J connectivity index is 2.23. The van der Waals surface area contributed by atoms with Gasteiger partial charge in [0.1, 0.15) is 5.82 Å². The molecule has 1 aromatic heterocycles. The lowest BCUT2D eigenvalue weighted by Crippen LogP contribution is -2.05. The molecule has 0 aliphatic rings. The van der Waals surface area contributed by atoms with E-state index in [0.717, 1.165) is 31.2 Å². The van der Waals surface area contributed by atoms with Crippen LogP contribution in [0.4, 0.5) is 4.39 Å². The van der Waals surface area contributed by atoms with Gasteiger partial charge in [0.15, 0.2) is 5.69 Å². The Morgan fingerprint density at radius 1 is 1.26 bits per heavy atom. The van der Waals surface area contributed by atoms with Crippen LogP contribution in [-0.2, 0) is 0 Å². The summed E-state index contributed by atoms with van der Waals surface area (Å²) in [6.45, 7) is 2.13. The highest BCUT2D eigenvalue weighted by molar-refractivity contribution is 7.99. The van der Waals surface area contributed by atoms with Crippen LogP contribution in [0.15, 0.2) is 41.4 Å². The van der Waals surface area contributed by atoms with Gasteiger partial charge >= 0.3 is 5.97 Å². The quantitative estimate of drug-likeness (QED) is 0.558. The van der Waals surface area contributed by atoms with Crippen molar-refractivity contribution in [1.29, 1.82) is 0 Å². The lowest BCUT2D eigenvalue weighted by Gasteiger charge is -2.17. The Labute approximate surface area is 139 Å². The van der Waals surface area contributed by atoms with Gasteiger partial charge in [-0.1, -0.05) is 38.3 Å². The third kappa shape index (κ3) is 5.03. The molecule has 23 heavy (non-hydrogen) atoms. The van der Waals surface area contributed by atoms with Crippen molar-refractivity contribution in [1.82, 2.24) is 10.2 Å². The molecule has 1 heterocycles. The van der Waals surface area contributed by atoms with Gasteiger partial charge < -0.3 is 5.11 Å². The highest BCUT2D eigenvalue weighted by Gasteiger charge is 2.19. The van der Waals surface area contributed by atoms with Crippen molar-refractivity contribution in [2.24, 2.45) is 0 Å². The standard InChI is InChI=1S/C17H19FN2O2S/c1-2-3-4-5-14(12-6-8-13(18)9-7-12)23-15-10-11-19-20-16(15)17(21)22/h6-11,14H,2-5H2,1H3,(H,21,22). The predicted octanol–water partition coefficient (Wildman–Crippen LogP) is 4.73. The molecule has 6 heteroatoms. The molecule has 2 aromatic rings. The molecule has 0 amide bonds. The largest absolute Gasteiger partial charge is 0.476 e. The molecule has 1 N–H and O–H groups in total. The van der Waals surface area contributed by atoms with Gasteiger partial charge in [-0.25, -0.2) is 9.18 Å². The van der Waals surface area contributed by atoms with Gasteiger partial charge in [-0.3, -0.25) is 0 Å². The summed E-state index contributed by atoms with van der Waals surface area (Å²) in [6, 6.07) is 8.05. The fourth-order valence-electron chi connectivity index (χ4n) is 2.27. The molecule has 122 valence electrons. The van der Waals surface area contributed by atoms with Crippen LogP contribution in [0, 0.1) is 5.82 Å². The van der Waals surface area contributed by atoms with E-state index in [1.165, 1.54) is 30.1 Å². The number of thioether (sulfide) groups is 1. The van der Waals surface area contributed by atoms with E-state index in [1.54, 1.807) is 18.2 Å². The zero-order valence-electron chi connectivity index (χ0n) is 12.9. The smallest absolute Gasteiger partial charge is 0.357 e. The van der Waals surface area contributed by atoms with Crippen molar-refractivity contribution < 1.29 is 14.3 Å². The molecule has 0 aliphatic heterocycles. The molecular formula is C17H19FN2O2S. The molecule has 2 rings (SSSR count). The minimum atomic E-state index is -1.09. The number of carboxylic acids is 1. The van der Waals surface area contributed by atoms with E-state index in [1.807, 2.05) is 0 Å². The minimum absolute atomic E-state index is 0.0416. The molecule has 0 spiro atoms. The van der Waals surface area contributed by atoms with E-state index in [9.17, 15) is 14.3 Å².